The van der Waals surface area contributed by atoms with Crippen LogP contribution < -0.4 is 13.1 Å². The highest BCUT2D eigenvalue weighted by Gasteiger charge is 2.18. The van der Waals surface area contributed by atoms with Crippen molar-refractivity contribution >= 4 is 20.2 Å². The molecule has 11 heteroatoms. The minimum atomic E-state index is -3.95. The van der Waals surface area contributed by atoms with Gasteiger partial charge in [-0.1, -0.05) is 48.5 Å². The zero-order valence-corrected chi connectivity index (χ0v) is 21.9. The van der Waals surface area contributed by atoms with Gasteiger partial charge in [-0.25, -0.2) is 8.78 Å². The molecular formula is C27H22F2O7S2. The van der Waals surface area contributed by atoms with Crippen molar-refractivity contribution in [1.82, 2.24) is 0 Å². The third kappa shape index (κ3) is 7.08. The first-order valence-corrected chi connectivity index (χ1v) is 14.7. The van der Waals surface area contributed by atoms with Gasteiger partial charge in [0.2, 0.25) is 0 Å². The Morgan fingerprint density at radius 3 is 1.76 bits per heavy atom. The van der Waals surface area contributed by atoms with Crippen LogP contribution in [0, 0.1) is 11.6 Å². The smallest absolute Gasteiger partial charge is 0.306 e. The Morgan fingerprint density at radius 1 is 0.632 bits per heavy atom. The van der Waals surface area contributed by atoms with Crippen molar-refractivity contribution < 1.29 is 38.7 Å². The summed E-state index contributed by atoms with van der Waals surface area (Å²) < 4.78 is 92.0. The monoisotopic (exact) mass is 560 g/mol. The summed E-state index contributed by atoms with van der Waals surface area (Å²) in [6.07, 6.45) is 1.75. The summed E-state index contributed by atoms with van der Waals surface area (Å²) in [5, 5.41) is 0. The lowest BCUT2D eigenvalue weighted by Crippen LogP contribution is -2.08. The average Bonchev–Trinajstić information content (AvgIpc) is 2.84. The van der Waals surface area contributed by atoms with E-state index in [1.165, 1.54) is 42.5 Å². The lowest BCUT2D eigenvalue weighted by atomic mass is 9.98. The van der Waals surface area contributed by atoms with Crippen LogP contribution in [0.2, 0.25) is 0 Å². The summed E-state index contributed by atoms with van der Waals surface area (Å²) in [6.45, 7) is 0.131. The summed E-state index contributed by atoms with van der Waals surface area (Å²) in [7, 11) is -7.69. The third-order valence-electron chi connectivity index (χ3n) is 5.20. The highest BCUT2D eigenvalue weighted by Crippen LogP contribution is 2.37. The third-order valence-corrected chi connectivity index (χ3v) is 6.18. The Morgan fingerprint density at radius 2 is 1.18 bits per heavy atom. The van der Waals surface area contributed by atoms with Crippen molar-refractivity contribution in [2.24, 2.45) is 0 Å². The maximum absolute atomic E-state index is 15.2. The number of ether oxygens (including phenoxy) is 1. The summed E-state index contributed by atoms with van der Waals surface area (Å²) in [5.41, 5.74) is 1.10. The van der Waals surface area contributed by atoms with Crippen molar-refractivity contribution in [3.8, 4) is 39.5 Å². The summed E-state index contributed by atoms with van der Waals surface area (Å²) in [5.74, 6) is -1.57. The van der Waals surface area contributed by atoms with Gasteiger partial charge in [-0.2, -0.15) is 16.8 Å². The molecule has 0 spiro atoms. The number of benzene rings is 4. The van der Waals surface area contributed by atoms with Gasteiger partial charge in [-0.3, -0.25) is 0 Å². The maximum atomic E-state index is 15.2. The van der Waals surface area contributed by atoms with Crippen LogP contribution in [0.4, 0.5) is 8.78 Å². The van der Waals surface area contributed by atoms with Gasteiger partial charge in [0.15, 0.2) is 11.5 Å². The average molecular weight is 561 g/mol. The van der Waals surface area contributed by atoms with E-state index in [4.69, 9.17) is 13.1 Å². The molecule has 0 unspecified atom stereocenters. The molecule has 0 aliphatic heterocycles. The Balaban J connectivity index is 1.66. The van der Waals surface area contributed by atoms with Crippen LogP contribution in [-0.4, -0.2) is 29.3 Å². The van der Waals surface area contributed by atoms with Crippen molar-refractivity contribution in [2.45, 2.75) is 6.61 Å². The SMILES string of the molecule is CS(=O)(=O)Oc1ccc(-c2cc(F)c(-c3ccc(OCc4ccccc4)c(OS(C)(=O)=O)c3)cc2F)cc1. The predicted octanol–water partition coefficient (Wildman–Crippen LogP) is 5.55. The van der Waals surface area contributed by atoms with Gasteiger partial charge in [-0.15, -0.1) is 0 Å². The number of halogens is 2. The van der Waals surface area contributed by atoms with Gasteiger partial charge >= 0.3 is 20.2 Å². The van der Waals surface area contributed by atoms with Gasteiger partial charge < -0.3 is 13.1 Å². The van der Waals surface area contributed by atoms with Crippen molar-refractivity contribution in [1.29, 1.82) is 0 Å². The highest BCUT2D eigenvalue weighted by molar-refractivity contribution is 7.86. The van der Waals surface area contributed by atoms with Crippen LogP contribution in [-0.2, 0) is 26.8 Å². The van der Waals surface area contributed by atoms with E-state index in [1.54, 1.807) is 0 Å². The molecular weight excluding hydrogens is 538 g/mol. The van der Waals surface area contributed by atoms with Crippen LogP contribution in [0.1, 0.15) is 5.56 Å². The molecule has 0 saturated carbocycles. The largest absolute Gasteiger partial charge is 0.485 e. The molecule has 0 atom stereocenters. The van der Waals surface area contributed by atoms with Crippen molar-refractivity contribution in [2.75, 3.05) is 12.5 Å². The van der Waals surface area contributed by atoms with Crippen molar-refractivity contribution in [3.05, 3.63) is 102 Å². The van der Waals surface area contributed by atoms with Gasteiger partial charge in [0.25, 0.3) is 0 Å². The molecule has 0 heterocycles. The van der Waals surface area contributed by atoms with E-state index in [0.29, 0.717) is 5.56 Å². The maximum Gasteiger partial charge on any atom is 0.306 e. The Kier molecular flexibility index (Phi) is 7.70. The fourth-order valence-corrected chi connectivity index (χ4v) is 4.53. The molecule has 198 valence electrons. The zero-order chi connectivity index (χ0) is 27.5. The Hall–Kier alpha value is -3.96. The molecule has 4 rings (SSSR count). The molecule has 0 fully saturated rings. The van der Waals surface area contributed by atoms with Crippen LogP contribution in [0.5, 0.6) is 17.2 Å². The first kappa shape index (κ1) is 27.1. The van der Waals surface area contributed by atoms with E-state index in [0.717, 1.165) is 30.2 Å². The molecule has 0 aliphatic rings. The van der Waals surface area contributed by atoms with E-state index in [9.17, 15) is 16.8 Å². The lowest BCUT2D eigenvalue weighted by molar-refractivity contribution is 0.296. The quantitative estimate of drug-likeness (QED) is 0.248. The number of hydrogen-bond acceptors (Lipinski definition) is 7. The van der Waals surface area contributed by atoms with E-state index in [2.05, 4.69) is 0 Å². The molecule has 38 heavy (non-hydrogen) atoms. The summed E-state index contributed by atoms with van der Waals surface area (Å²) in [4.78, 5) is 0. The van der Waals surface area contributed by atoms with Crippen LogP contribution in [0.3, 0.4) is 0 Å². The van der Waals surface area contributed by atoms with E-state index < -0.39 is 31.9 Å². The Bertz CT molecular complexity index is 1670. The predicted molar refractivity (Wildman–Crippen MR) is 139 cm³/mol. The molecule has 0 bridgehead atoms. The molecule has 0 aromatic heterocycles. The minimum absolute atomic E-state index is 0.0294. The first-order chi connectivity index (χ1) is 17.9. The Labute approximate surface area is 219 Å². The second kappa shape index (κ2) is 10.8. The van der Waals surface area contributed by atoms with Gasteiger partial charge in [-0.05, 0) is 53.1 Å². The van der Waals surface area contributed by atoms with Crippen LogP contribution in [0.25, 0.3) is 22.3 Å². The van der Waals surface area contributed by atoms with Gasteiger partial charge in [0.05, 0.1) is 12.5 Å². The topological polar surface area (TPSA) is 96.0 Å². The number of hydrogen-bond donors (Lipinski definition) is 0. The molecule has 0 N–H and O–H groups in total. The van der Waals surface area contributed by atoms with Crippen LogP contribution in [0.15, 0.2) is 84.9 Å². The minimum Gasteiger partial charge on any atom is -0.485 e. The van der Waals surface area contributed by atoms with Crippen LogP contribution >= 0.6 is 0 Å². The highest BCUT2D eigenvalue weighted by atomic mass is 32.2. The fraction of sp³-hybridized carbons (Fsp3) is 0.111. The molecule has 0 saturated heterocycles. The second-order valence-electron chi connectivity index (χ2n) is 8.35. The number of rotatable bonds is 9. The summed E-state index contributed by atoms with van der Waals surface area (Å²) >= 11 is 0. The molecule has 0 radical (unpaired) electrons. The normalized spacial score (nSPS) is 11.7. The lowest BCUT2D eigenvalue weighted by Gasteiger charge is -2.14. The van der Waals surface area contributed by atoms with Crippen molar-refractivity contribution in [3.63, 3.8) is 0 Å². The standard InChI is InChI=1S/C27H22F2O7S2/c1-37(30,31)35-21-11-8-19(9-12-21)22-15-25(29)23(16-24(22)28)20-10-13-26(27(14-20)36-38(2,32)33)34-17-18-6-4-3-5-7-18/h3-16H,17H2,1-2H3. The van der Waals surface area contributed by atoms with E-state index in [-0.39, 0.29) is 40.5 Å². The zero-order valence-electron chi connectivity index (χ0n) is 20.2. The van der Waals surface area contributed by atoms with E-state index >= 15 is 8.78 Å². The summed E-state index contributed by atoms with van der Waals surface area (Å²) in [6, 6.07) is 20.7. The first-order valence-electron chi connectivity index (χ1n) is 11.1. The second-order valence-corrected chi connectivity index (χ2v) is 11.5. The molecule has 4 aromatic carbocycles. The van der Waals surface area contributed by atoms with E-state index in [1.807, 2.05) is 30.3 Å². The molecule has 7 nitrogen and oxygen atoms in total. The van der Waals surface area contributed by atoms with Gasteiger partial charge in [0.1, 0.15) is 24.0 Å². The molecule has 4 aromatic rings. The molecule has 0 aliphatic carbocycles. The van der Waals surface area contributed by atoms with Gasteiger partial charge in [0, 0.05) is 11.1 Å². The fourth-order valence-electron chi connectivity index (χ4n) is 3.61. The molecule has 0 amide bonds.